The summed E-state index contributed by atoms with van der Waals surface area (Å²) in [5, 5.41) is 1.57. The van der Waals surface area contributed by atoms with Crippen LogP contribution in [-0.4, -0.2) is 35.1 Å². The average molecular weight is 429 g/mol. The van der Waals surface area contributed by atoms with Crippen molar-refractivity contribution in [2.45, 2.75) is 49.8 Å². The number of nitrogens with zero attached hydrogens (tertiary/aromatic N) is 2. The highest BCUT2D eigenvalue weighted by atomic mass is 32.2. The predicted octanol–water partition coefficient (Wildman–Crippen LogP) is 4.61. The fraction of sp³-hybridized carbons (Fsp3) is 0.455. The van der Waals surface area contributed by atoms with Crippen molar-refractivity contribution >= 4 is 33.3 Å². The Morgan fingerprint density at radius 3 is 2.83 bits per heavy atom. The van der Waals surface area contributed by atoms with Gasteiger partial charge < -0.3 is 9.47 Å². The number of hydrogen-bond acceptors (Lipinski definition) is 6. The van der Waals surface area contributed by atoms with Gasteiger partial charge in [-0.2, -0.15) is 0 Å². The van der Waals surface area contributed by atoms with Gasteiger partial charge in [0.25, 0.3) is 5.56 Å². The van der Waals surface area contributed by atoms with E-state index in [4.69, 9.17) is 14.5 Å². The first-order chi connectivity index (χ1) is 14.2. The van der Waals surface area contributed by atoms with Gasteiger partial charge in [-0.05, 0) is 68.4 Å². The van der Waals surface area contributed by atoms with Crippen molar-refractivity contribution in [1.82, 2.24) is 9.55 Å². The Kier molecular flexibility index (Phi) is 5.37. The molecule has 3 heterocycles. The normalized spacial score (nSPS) is 18.9. The molecule has 29 heavy (non-hydrogen) atoms. The van der Waals surface area contributed by atoms with Crippen LogP contribution >= 0.6 is 23.1 Å². The van der Waals surface area contributed by atoms with Crippen molar-refractivity contribution < 1.29 is 9.47 Å². The molecular weight excluding hydrogens is 404 g/mol. The van der Waals surface area contributed by atoms with Gasteiger partial charge in [0.05, 0.1) is 24.3 Å². The molecule has 1 atom stereocenters. The number of fused-ring (bicyclic) bond motifs is 3. The Morgan fingerprint density at radius 1 is 1.24 bits per heavy atom. The van der Waals surface area contributed by atoms with Crippen LogP contribution in [0.1, 0.15) is 36.1 Å². The zero-order valence-electron chi connectivity index (χ0n) is 16.5. The number of ether oxygens (including phenoxy) is 2. The first kappa shape index (κ1) is 19.2. The predicted molar refractivity (Wildman–Crippen MR) is 118 cm³/mol. The van der Waals surface area contributed by atoms with Crippen LogP contribution in [0.15, 0.2) is 34.2 Å². The molecule has 0 saturated carbocycles. The number of thiophene rings is 1. The van der Waals surface area contributed by atoms with E-state index in [0.29, 0.717) is 0 Å². The fourth-order valence-corrected chi connectivity index (χ4v) is 6.57. The van der Waals surface area contributed by atoms with Gasteiger partial charge in [0.15, 0.2) is 5.16 Å². The minimum absolute atomic E-state index is 0.0504. The van der Waals surface area contributed by atoms with E-state index in [1.54, 1.807) is 34.8 Å². The maximum absolute atomic E-state index is 13.7. The first-order valence-electron chi connectivity index (χ1n) is 10.2. The molecule has 0 spiro atoms. The lowest BCUT2D eigenvalue weighted by Gasteiger charge is -2.15. The summed E-state index contributed by atoms with van der Waals surface area (Å²) < 4.78 is 12.9. The van der Waals surface area contributed by atoms with Crippen LogP contribution in [0, 0.1) is 0 Å². The van der Waals surface area contributed by atoms with Crippen LogP contribution < -0.4 is 10.3 Å². The van der Waals surface area contributed by atoms with Crippen LogP contribution in [0.5, 0.6) is 5.75 Å². The molecule has 0 N–H and O–H groups in total. The third-order valence-corrected chi connectivity index (χ3v) is 7.97. The molecule has 1 aliphatic carbocycles. The lowest BCUT2D eigenvalue weighted by molar-refractivity contribution is 0.129. The molecule has 152 valence electrons. The maximum Gasteiger partial charge on any atom is 0.267 e. The Morgan fingerprint density at radius 2 is 2.07 bits per heavy atom. The molecule has 7 heteroatoms. The number of methoxy groups -OCH3 is 1. The quantitative estimate of drug-likeness (QED) is 0.439. The van der Waals surface area contributed by atoms with E-state index in [0.717, 1.165) is 71.3 Å². The zero-order valence-corrected chi connectivity index (χ0v) is 18.1. The number of thioether (sulfide) groups is 1. The molecule has 5 rings (SSSR count). The van der Waals surface area contributed by atoms with Crippen molar-refractivity contribution in [2.75, 3.05) is 19.5 Å². The number of benzene rings is 1. The van der Waals surface area contributed by atoms with Crippen LogP contribution in [0.2, 0.25) is 0 Å². The summed E-state index contributed by atoms with van der Waals surface area (Å²) >= 11 is 3.33. The summed E-state index contributed by atoms with van der Waals surface area (Å²) in [6.07, 6.45) is 6.83. The summed E-state index contributed by atoms with van der Waals surface area (Å²) in [4.78, 5) is 20.9. The van der Waals surface area contributed by atoms with E-state index in [9.17, 15) is 4.79 Å². The lowest BCUT2D eigenvalue weighted by Crippen LogP contribution is -2.23. The topological polar surface area (TPSA) is 53.4 Å². The van der Waals surface area contributed by atoms with Crippen molar-refractivity contribution in [1.29, 1.82) is 0 Å². The highest BCUT2D eigenvalue weighted by molar-refractivity contribution is 7.99. The molecule has 0 radical (unpaired) electrons. The summed E-state index contributed by atoms with van der Waals surface area (Å²) in [6.45, 7) is 0.834. The van der Waals surface area contributed by atoms with Gasteiger partial charge in [-0.1, -0.05) is 11.8 Å². The van der Waals surface area contributed by atoms with Crippen LogP contribution in [0.4, 0.5) is 0 Å². The number of hydrogen-bond donors (Lipinski definition) is 0. The molecule has 1 aromatic carbocycles. The van der Waals surface area contributed by atoms with Gasteiger partial charge in [-0.25, -0.2) is 4.98 Å². The summed E-state index contributed by atoms with van der Waals surface area (Å²) in [6, 6.07) is 7.65. The van der Waals surface area contributed by atoms with Crippen molar-refractivity contribution in [2.24, 2.45) is 0 Å². The zero-order chi connectivity index (χ0) is 19.8. The molecule has 1 unspecified atom stereocenters. The number of aryl methyl sites for hydroxylation is 2. The molecular formula is C22H24N2O3S2. The summed E-state index contributed by atoms with van der Waals surface area (Å²) in [7, 11) is 1.65. The molecule has 0 bridgehead atoms. The number of rotatable bonds is 5. The van der Waals surface area contributed by atoms with Crippen LogP contribution in [0.25, 0.3) is 15.9 Å². The van der Waals surface area contributed by atoms with E-state index in [1.165, 1.54) is 16.9 Å². The molecule has 0 amide bonds. The van der Waals surface area contributed by atoms with Crippen LogP contribution in [0.3, 0.4) is 0 Å². The standard InChI is InChI=1S/C22H24N2O3S2/c1-26-15-10-8-14(9-11-15)24-21(25)19-17-6-2-3-7-18(17)29-20(19)23-22(24)28-13-16-5-4-12-27-16/h8-11,16H,2-7,12-13H2,1H3. The van der Waals surface area contributed by atoms with Gasteiger partial charge in [-0.15, -0.1) is 11.3 Å². The third kappa shape index (κ3) is 3.60. The average Bonchev–Trinajstić information content (AvgIpc) is 3.40. The Hall–Kier alpha value is -1.83. The van der Waals surface area contributed by atoms with Gasteiger partial charge >= 0.3 is 0 Å². The highest BCUT2D eigenvalue weighted by Gasteiger charge is 2.24. The van der Waals surface area contributed by atoms with Gasteiger partial charge in [-0.3, -0.25) is 9.36 Å². The molecule has 5 nitrogen and oxygen atoms in total. The van der Waals surface area contributed by atoms with Gasteiger partial charge in [0, 0.05) is 17.2 Å². The number of aromatic nitrogens is 2. The van der Waals surface area contributed by atoms with Crippen molar-refractivity contribution in [3.05, 3.63) is 45.1 Å². The van der Waals surface area contributed by atoms with Gasteiger partial charge in [0.2, 0.25) is 0 Å². The molecule has 1 saturated heterocycles. The molecule has 2 aliphatic rings. The van der Waals surface area contributed by atoms with E-state index < -0.39 is 0 Å². The first-order valence-corrected chi connectivity index (χ1v) is 12.0. The monoisotopic (exact) mass is 428 g/mol. The Labute approximate surface area is 178 Å². The van der Waals surface area contributed by atoms with E-state index in [2.05, 4.69) is 0 Å². The smallest absolute Gasteiger partial charge is 0.267 e. The Bertz CT molecular complexity index is 1080. The summed E-state index contributed by atoms with van der Waals surface area (Å²) in [5.41, 5.74) is 2.11. The third-order valence-electron chi connectivity index (χ3n) is 5.71. The van der Waals surface area contributed by atoms with E-state index in [1.807, 2.05) is 24.3 Å². The second-order valence-corrected chi connectivity index (χ2v) is 9.64. The molecule has 3 aromatic rings. The molecule has 1 fully saturated rings. The maximum atomic E-state index is 13.7. The van der Waals surface area contributed by atoms with E-state index >= 15 is 0 Å². The van der Waals surface area contributed by atoms with Crippen molar-refractivity contribution in [3.8, 4) is 11.4 Å². The lowest BCUT2D eigenvalue weighted by atomic mass is 9.97. The van der Waals surface area contributed by atoms with Gasteiger partial charge in [0.1, 0.15) is 10.6 Å². The minimum Gasteiger partial charge on any atom is -0.497 e. The minimum atomic E-state index is 0.0504. The van der Waals surface area contributed by atoms with E-state index in [-0.39, 0.29) is 11.7 Å². The highest BCUT2D eigenvalue weighted by Crippen LogP contribution is 2.35. The van der Waals surface area contributed by atoms with Crippen LogP contribution in [-0.2, 0) is 17.6 Å². The fourth-order valence-electron chi connectivity index (χ4n) is 4.19. The second kappa shape index (κ2) is 8.13. The van der Waals surface area contributed by atoms with Crippen molar-refractivity contribution in [3.63, 3.8) is 0 Å². The second-order valence-electron chi connectivity index (χ2n) is 7.57. The molecule has 1 aliphatic heterocycles. The molecule has 2 aromatic heterocycles. The largest absolute Gasteiger partial charge is 0.497 e. The summed E-state index contributed by atoms with van der Waals surface area (Å²) in [5.74, 6) is 1.59. The SMILES string of the molecule is COc1ccc(-n2c(SCC3CCCO3)nc3sc4c(c3c2=O)CCCC4)cc1. The Balaban J connectivity index is 1.64.